The van der Waals surface area contributed by atoms with E-state index in [0.717, 1.165) is 11.4 Å². The third-order valence-corrected chi connectivity index (χ3v) is 10.5. The average molecular weight is 628 g/mol. The molecule has 6 aromatic carbocycles. The molecule has 0 fully saturated rings. The van der Waals surface area contributed by atoms with Crippen LogP contribution in [0.15, 0.2) is 164 Å². The maximum Gasteiger partial charge on any atom is 0.0726 e. The smallest absolute Gasteiger partial charge is 0.0726 e. The van der Waals surface area contributed by atoms with Crippen LogP contribution in [0.1, 0.15) is 25.1 Å². The van der Waals surface area contributed by atoms with Gasteiger partial charge in [0.2, 0.25) is 0 Å². The molecule has 3 nitrogen and oxygen atoms in total. The van der Waals surface area contributed by atoms with Gasteiger partial charge in [0.15, 0.2) is 0 Å². The summed E-state index contributed by atoms with van der Waals surface area (Å²) >= 11 is 0. The normalized spacial score (nSPS) is 13.3. The highest BCUT2D eigenvalue weighted by atomic mass is 15.1. The zero-order valence-electron chi connectivity index (χ0n) is 27.4. The third-order valence-electron chi connectivity index (χ3n) is 10.5. The Kier molecular flexibility index (Phi) is 5.92. The van der Waals surface area contributed by atoms with Gasteiger partial charge in [-0.25, -0.2) is 0 Å². The van der Waals surface area contributed by atoms with Crippen LogP contribution in [0, 0.1) is 0 Å². The molecule has 3 heteroatoms. The van der Waals surface area contributed by atoms with E-state index >= 15 is 0 Å². The minimum absolute atomic E-state index is 0.244. The number of fused-ring (bicyclic) bond motifs is 8. The first-order chi connectivity index (χ1) is 24.1. The van der Waals surface area contributed by atoms with Crippen molar-refractivity contribution in [1.29, 1.82) is 0 Å². The van der Waals surface area contributed by atoms with E-state index in [0.29, 0.717) is 0 Å². The van der Waals surface area contributed by atoms with Crippen LogP contribution in [-0.4, -0.2) is 14.1 Å². The Labute approximate surface area is 285 Å². The van der Waals surface area contributed by atoms with Crippen LogP contribution in [0.2, 0.25) is 0 Å². The van der Waals surface area contributed by atoms with Gasteiger partial charge in [-0.05, 0) is 82.4 Å². The van der Waals surface area contributed by atoms with E-state index in [1.54, 1.807) is 0 Å². The molecule has 0 bridgehead atoms. The molecule has 49 heavy (non-hydrogen) atoms. The Bertz CT molecular complexity index is 2660. The topological polar surface area (TPSA) is 22.8 Å². The van der Waals surface area contributed by atoms with Gasteiger partial charge in [-0.2, -0.15) is 0 Å². The SMILES string of the molecule is CC1(C)c2cc3c4ccccc4n(-c4cc(-c5ccccc5)cc(-c5ccccc5)c4)c3cc2-n2c1c(-c1ccccn1)c1ccccc12. The summed E-state index contributed by atoms with van der Waals surface area (Å²) in [6, 6.07) is 57.2. The van der Waals surface area contributed by atoms with Gasteiger partial charge in [0.1, 0.15) is 0 Å². The van der Waals surface area contributed by atoms with Crippen LogP contribution in [0.4, 0.5) is 0 Å². The average Bonchev–Trinajstić information content (AvgIpc) is 3.76. The summed E-state index contributed by atoms with van der Waals surface area (Å²) in [5.74, 6) is 0. The van der Waals surface area contributed by atoms with Crippen molar-refractivity contribution in [3.05, 3.63) is 175 Å². The van der Waals surface area contributed by atoms with Crippen molar-refractivity contribution < 1.29 is 0 Å². The van der Waals surface area contributed by atoms with Crippen LogP contribution in [0.5, 0.6) is 0 Å². The summed E-state index contributed by atoms with van der Waals surface area (Å²) in [6.07, 6.45) is 1.90. The minimum atomic E-state index is -0.244. The number of para-hydroxylation sites is 2. The van der Waals surface area contributed by atoms with Gasteiger partial charge in [0.05, 0.1) is 27.9 Å². The van der Waals surface area contributed by atoms with Crippen LogP contribution in [-0.2, 0) is 5.41 Å². The number of pyridine rings is 1. The number of hydrogen-bond acceptors (Lipinski definition) is 1. The van der Waals surface area contributed by atoms with E-state index in [1.807, 2.05) is 12.3 Å². The Morgan fingerprint density at radius 2 is 1.06 bits per heavy atom. The first kappa shape index (κ1) is 27.9. The molecule has 0 saturated carbocycles. The summed E-state index contributed by atoms with van der Waals surface area (Å²) in [5.41, 5.74) is 15.4. The second kappa shape index (κ2) is 10.4. The highest BCUT2D eigenvalue weighted by Gasteiger charge is 2.41. The standard InChI is InChI=1S/C46H33N3/c1-46(2)38-28-37-35-19-9-11-22-40(35)48(34-26-32(30-15-5-3-6-16-30)25-33(27-34)31-17-7-4-8-18-31)42(37)29-43(38)49-41-23-12-10-20-36(41)44(45(46)49)39-21-13-14-24-47-39/h3-29H,1-2H3. The van der Waals surface area contributed by atoms with Gasteiger partial charge in [-0.3, -0.25) is 4.98 Å². The van der Waals surface area contributed by atoms with Crippen molar-refractivity contribution in [3.8, 4) is 44.9 Å². The van der Waals surface area contributed by atoms with Crippen molar-refractivity contribution in [1.82, 2.24) is 14.1 Å². The van der Waals surface area contributed by atoms with Crippen molar-refractivity contribution in [3.63, 3.8) is 0 Å². The molecular formula is C46H33N3. The van der Waals surface area contributed by atoms with Gasteiger partial charge < -0.3 is 9.13 Å². The highest BCUT2D eigenvalue weighted by Crippen LogP contribution is 2.53. The molecule has 0 spiro atoms. The van der Waals surface area contributed by atoms with Gasteiger partial charge in [-0.1, -0.05) is 117 Å². The molecule has 0 unspecified atom stereocenters. The number of nitrogens with zero attached hydrogens (tertiary/aromatic N) is 3. The summed E-state index contributed by atoms with van der Waals surface area (Å²) in [6.45, 7) is 4.74. The predicted octanol–water partition coefficient (Wildman–Crippen LogP) is 11.8. The number of rotatable bonds is 4. The van der Waals surface area contributed by atoms with E-state index in [9.17, 15) is 0 Å². The molecule has 0 saturated heterocycles. The Hall–Kier alpha value is -6.19. The molecule has 0 N–H and O–H groups in total. The molecule has 10 rings (SSSR count). The fourth-order valence-corrected chi connectivity index (χ4v) is 8.28. The fourth-order valence-electron chi connectivity index (χ4n) is 8.28. The van der Waals surface area contributed by atoms with Crippen molar-refractivity contribution >= 4 is 32.7 Å². The van der Waals surface area contributed by atoms with Gasteiger partial charge in [0, 0.05) is 44.7 Å². The molecule has 1 aliphatic heterocycles. The second-order valence-corrected chi connectivity index (χ2v) is 13.7. The first-order valence-electron chi connectivity index (χ1n) is 17.0. The van der Waals surface area contributed by atoms with Crippen molar-refractivity contribution in [2.75, 3.05) is 0 Å². The fraction of sp³-hybridized carbons (Fsp3) is 0.0652. The molecular weight excluding hydrogens is 595 g/mol. The zero-order chi connectivity index (χ0) is 32.7. The largest absolute Gasteiger partial charge is 0.312 e. The van der Waals surface area contributed by atoms with Crippen LogP contribution < -0.4 is 0 Å². The second-order valence-electron chi connectivity index (χ2n) is 13.7. The lowest BCUT2D eigenvalue weighted by Crippen LogP contribution is -2.16. The molecule has 0 radical (unpaired) electrons. The number of hydrogen-bond donors (Lipinski definition) is 0. The summed E-state index contributed by atoms with van der Waals surface area (Å²) in [4.78, 5) is 4.87. The van der Waals surface area contributed by atoms with E-state index in [1.165, 1.54) is 77.5 Å². The molecule has 9 aromatic rings. The molecule has 4 heterocycles. The molecule has 0 atom stereocenters. The Morgan fingerprint density at radius 3 is 1.71 bits per heavy atom. The van der Waals surface area contributed by atoms with Crippen LogP contribution in [0.3, 0.4) is 0 Å². The summed E-state index contributed by atoms with van der Waals surface area (Å²) < 4.78 is 4.98. The molecule has 0 amide bonds. The van der Waals surface area contributed by atoms with Crippen LogP contribution in [0.25, 0.3) is 77.6 Å². The van der Waals surface area contributed by atoms with Crippen molar-refractivity contribution in [2.45, 2.75) is 19.3 Å². The molecule has 0 aliphatic carbocycles. The lowest BCUT2D eigenvalue weighted by Gasteiger charge is -2.21. The number of aromatic nitrogens is 3. The lowest BCUT2D eigenvalue weighted by molar-refractivity contribution is 0.647. The quantitative estimate of drug-likeness (QED) is 0.190. The summed E-state index contributed by atoms with van der Waals surface area (Å²) in [5, 5.41) is 3.76. The van der Waals surface area contributed by atoms with Gasteiger partial charge in [-0.15, -0.1) is 0 Å². The minimum Gasteiger partial charge on any atom is -0.312 e. The van der Waals surface area contributed by atoms with E-state index in [-0.39, 0.29) is 5.41 Å². The predicted molar refractivity (Wildman–Crippen MR) is 204 cm³/mol. The van der Waals surface area contributed by atoms with Gasteiger partial charge >= 0.3 is 0 Å². The summed E-state index contributed by atoms with van der Waals surface area (Å²) in [7, 11) is 0. The van der Waals surface area contributed by atoms with Crippen molar-refractivity contribution in [2.24, 2.45) is 0 Å². The number of benzene rings is 6. The maximum absolute atomic E-state index is 4.87. The maximum atomic E-state index is 4.87. The van der Waals surface area contributed by atoms with Crippen LogP contribution >= 0.6 is 0 Å². The molecule has 3 aromatic heterocycles. The third kappa shape index (κ3) is 4.06. The lowest BCUT2D eigenvalue weighted by atomic mass is 9.80. The highest BCUT2D eigenvalue weighted by molar-refractivity contribution is 6.11. The first-order valence-corrected chi connectivity index (χ1v) is 17.0. The Balaban J connectivity index is 1.30. The zero-order valence-corrected chi connectivity index (χ0v) is 27.4. The van der Waals surface area contributed by atoms with E-state index < -0.39 is 0 Å². The Morgan fingerprint density at radius 1 is 0.469 bits per heavy atom. The monoisotopic (exact) mass is 627 g/mol. The van der Waals surface area contributed by atoms with Gasteiger partial charge in [0.25, 0.3) is 0 Å². The molecule has 1 aliphatic rings. The molecule has 232 valence electrons. The van der Waals surface area contributed by atoms with E-state index in [2.05, 4.69) is 175 Å². The van der Waals surface area contributed by atoms with E-state index in [4.69, 9.17) is 4.98 Å².